The Morgan fingerprint density at radius 1 is 1.31 bits per heavy atom. The van der Waals surface area contributed by atoms with Crippen LogP contribution in [0.1, 0.15) is 25.0 Å². The number of carbonyl (C=O) groups is 1. The van der Waals surface area contributed by atoms with E-state index in [-0.39, 0.29) is 5.97 Å². The van der Waals surface area contributed by atoms with E-state index < -0.39 is 5.41 Å². The summed E-state index contributed by atoms with van der Waals surface area (Å²) < 4.78 is 4.86. The fraction of sp³-hybridized carbons (Fsp3) is 0.357. The molecule has 0 aliphatic heterocycles. The highest BCUT2D eigenvalue weighted by Crippen LogP contribution is 2.41. The lowest BCUT2D eigenvalue weighted by Gasteiger charge is -2.24. The molecule has 0 N–H and O–H groups in total. The van der Waals surface area contributed by atoms with Crippen molar-refractivity contribution in [2.75, 3.05) is 7.11 Å². The van der Waals surface area contributed by atoms with Gasteiger partial charge < -0.3 is 4.74 Å². The van der Waals surface area contributed by atoms with Crippen LogP contribution in [-0.2, 0) is 16.0 Å². The van der Waals surface area contributed by atoms with Gasteiger partial charge in [0, 0.05) is 0 Å². The van der Waals surface area contributed by atoms with E-state index in [1.807, 2.05) is 26.0 Å². The second-order valence-electron chi connectivity index (χ2n) is 4.60. The van der Waals surface area contributed by atoms with Crippen molar-refractivity contribution in [3.05, 3.63) is 41.5 Å². The molecule has 0 radical (unpaired) electrons. The van der Waals surface area contributed by atoms with Crippen molar-refractivity contribution in [3.8, 4) is 0 Å². The van der Waals surface area contributed by atoms with Gasteiger partial charge in [0.05, 0.1) is 12.5 Å². The van der Waals surface area contributed by atoms with Crippen LogP contribution in [0.25, 0.3) is 5.57 Å². The van der Waals surface area contributed by atoms with Crippen LogP contribution < -0.4 is 0 Å². The van der Waals surface area contributed by atoms with Crippen LogP contribution in [0.5, 0.6) is 0 Å². The van der Waals surface area contributed by atoms with Gasteiger partial charge in [-0.15, -0.1) is 0 Å². The van der Waals surface area contributed by atoms with Crippen LogP contribution in [0.4, 0.5) is 0 Å². The van der Waals surface area contributed by atoms with Gasteiger partial charge in [-0.2, -0.15) is 0 Å². The van der Waals surface area contributed by atoms with Crippen LogP contribution >= 0.6 is 0 Å². The summed E-state index contributed by atoms with van der Waals surface area (Å²) in [6.45, 7) is 3.82. The average Bonchev–Trinajstić information content (AvgIpc) is 2.72. The zero-order chi connectivity index (χ0) is 11.8. The largest absolute Gasteiger partial charge is 0.468 e. The van der Waals surface area contributed by atoms with E-state index in [0.29, 0.717) is 0 Å². The van der Waals surface area contributed by atoms with Crippen LogP contribution in [-0.4, -0.2) is 13.1 Å². The van der Waals surface area contributed by atoms with E-state index in [9.17, 15) is 4.79 Å². The molecule has 0 aromatic heterocycles. The first kappa shape index (κ1) is 10.9. The smallest absolute Gasteiger partial charge is 0.315 e. The number of hydrogen-bond donors (Lipinski definition) is 0. The van der Waals surface area contributed by atoms with E-state index in [1.165, 1.54) is 18.2 Å². The maximum absolute atomic E-state index is 11.8. The summed E-state index contributed by atoms with van der Waals surface area (Å²) in [5.74, 6) is -0.185. The van der Waals surface area contributed by atoms with Crippen LogP contribution in [0, 0.1) is 5.41 Å². The maximum atomic E-state index is 11.8. The number of fused-ring (bicyclic) bond motifs is 1. The molecule has 2 rings (SSSR count). The highest BCUT2D eigenvalue weighted by atomic mass is 16.5. The third kappa shape index (κ3) is 1.54. The summed E-state index contributed by atoms with van der Waals surface area (Å²) in [5, 5.41) is 0. The van der Waals surface area contributed by atoms with Crippen LogP contribution in [0.3, 0.4) is 0 Å². The Morgan fingerprint density at radius 2 is 2.00 bits per heavy atom. The molecular formula is C14H16O2. The van der Waals surface area contributed by atoms with Crippen molar-refractivity contribution in [1.29, 1.82) is 0 Å². The van der Waals surface area contributed by atoms with E-state index in [1.54, 1.807) is 0 Å². The molecule has 1 aliphatic carbocycles. The molecular weight excluding hydrogens is 200 g/mol. The third-order valence-electron chi connectivity index (χ3n) is 3.20. The molecule has 0 fully saturated rings. The van der Waals surface area contributed by atoms with Gasteiger partial charge in [0.1, 0.15) is 0 Å². The highest BCUT2D eigenvalue weighted by Gasteiger charge is 2.36. The molecule has 0 amide bonds. The Hall–Kier alpha value is -1.57. The van der Waals surface area contributed by atoms with E-state index in [4.69, 9.17) is 4.74 Å². The topological polar surface area (TPSA) is 26.3 Å². The Morgan fingerprint density at radius 3 is 2.69 bits per heavy atom. The Kier molecular flexibility index (Phi) is 2.58. The molecule has 16 heavy (non-hydrogen) atoms. The highest BCUT2D eigenvalue weighted by molar-refractivity contribution is 5.94. The Labute approximate surface area is 95.9 Å². The Balaban J connectivity index is 2.42. The van der Waals surface area contributed by atoms with Crippen LogP contribution in [0.15, 0.2) is 30.3 Å². The van der Waals surface area contributed by atoms with Crippen molar-refractivity contribution < 1.29 is 9.53 Å². The molecule has 2 heteroatoms. The number of esters is 1. The van der Waals surface area contributed by atoms with Crippen molar-refractivity contribution in [2.24, 2.45) is 5.41 Å². The van der Waals surface area contributed by atoms with E-state index in [0.717, 1.165) is 12.0 Å². The number of benzene rings is 1. The molecule has 84 valence electrons. The fourth-order valence-electron chi connectivity index (χ4n) is 2.24. The van der Waals surface area contributed by atoms with Gasteiger partial charge in [-0.1, -0.05) is 30.3 Å². The lowest BCUT2D eigenvalue weighted by Crippen LogP contribution is -2.26. The average molecular weight is 216 g/mol. The zero-order valence-corrected chi connectivity index (χ0v) is 9.91. The Bertz CT molecular complexity index is 456. The summed E-state index contributed by atoms with van der Waals surface area (Å²) in [6, 6.07) is 8.21. The molecule has 0 saturated carbocycles. The second kappa shape index (κ2) is 3.78. The first-order valence-electron chi connectivity index (χ1n) is 5.44. The molecule has 0 bridgehead atoms. The number of ether oxygens (including phenoxy) is 1. The first-order chi connectivity index (χ1) is 7.57. The number of rotatable bonds is 2. The van der Waals surface area contributed by atoms with Crippen molar-refractivity contribution >= 4 is 11.5 Å². The zero-order valence-electron chi connectivity index (χ0n) is 9.91. The molecule has 1 aromatic carbocycles. The number of allylic oxidation sites excluding steroid dienone is 1. The van der Waals surface area contributed by atoms with E-state index in [2.05, 4.69) is 18.2 Å². The summed E-state index contributed by atoms with van der Waals surface area (Å²) in [6.07, 6.45) is 3.04. The third-order valence-corrected chi connectivity index (χ3v) is 3.20. The van der Waals surface area contributed by atoms with Gasteiger partial charge in [-0.05, 0) is 37.0 Å². The number of hydrogen-bond acceptors (Lipinski definition) is 2. The summed E-state index contributed by atoms with van der Waals surface area (Å²) in [4.78, 5) is 11.8. The molecule has 0 heterocycles. The van der Waals surface area contributed by atoms with Gasteiger partial charge >= 0.3 is 5.97 Å². The van der Waals surface area contributed by atoms with Crippen molar-refractivity contribution in [1.82, 2.24) is 0 Å². The second-order valence-corrected chi connectivity index (χ2v) is 4.60. The van der Waals surface area contributed by atoms with Gasteiger partial charge in [0.15, 0.2) is 0 Å². The predicted octanol–water partition coefficient (Wildman–Crippen LogP) is 2.83. The predicted molar refractivity (Wildman–Crippen MR) is 63.9 cm³/mol. The maximum Gasteiger partial charge on any atom is 0.315 e. The molecule has 0 atom stereocenters. The van der Waals surface area contributed by atoms with Crippen LogP contribution in [0.2, 0.25) is 0 Å². The van der Waals surface area contributed by atoms with Gasteiger partial charge in [0.2, 0.25) is 0 Å². The lowest BCUT2D eigenvalue weighted by atomic mass is 9.81. The minimum Gasteiger partial charge on any atom is -0.468 e. The van der Waals surface area contributed by atoms with Gasteiger partial charge in [-0.25, -0.2) is 0 Å². The number of carbonyl (C=O) groups excluding carboxylic acids is 1. The lowest BCUT2D eigenvalue weighted by molar-refractivity contribution is -0.147. The monoisotopic (exact) mass is 216 g/mol. The van der Waals surface area contributed by atoms with E-state index >= 15 is 0 Å². The minimum atomic E-state index is -0.568. The van der Waals surface area contributed by atoms with Crippen molar-refractivity contribution in [2.45, 2.75) is 20.3 Å². The number of methoxy groups -OCH3 is 1. The summed E-state index contributed by atoms with van der Waals surface area (Å²) in [7, 11) is 1.44. The summed E-state index contributed by atoms with van der Waals surface area (Å²) >= 11 is 0. The molecule has 1 aromatic rings. The first-order valence-corrected chi connectivity index (χ1v) is 5.44. The fourth-order valence-corrected chi connectivity index (χ4v) is 2.24. The SMILES string of the molecule is COC(=O)C(C)(C)C1=CCc2ccccc21. The molecule has 1 aliphatic rings. The minimum absolute atomic E-state index is 0.185. The molecule has 2 nitrogen and oxygen atoms in total. The normalized spacial score (nSPS) is 14.3. The molecule has 0 unspecified atom stereocenters. The van der Waals surface area contributed by atoms with Crippen molar-refractivity contribution in [3.63, 3.8) is 0 Å². The standard InChI is InChI=1S/C14H16O2/c1-14(2,13(15)16-3)12-9-8-10-6-4-5-7-11(10)12/h4-7,9H,8H2,1-3H3. The van der Waals surface area contributed by atoms with Gasteiger partial charge in [-0.3, -0.25) is 4.79 Å². The summed E-state index contributed by atoms with van der Waals surface area (Å²) in [5.41, 5.74) is 2.98. The quantitative estimate of drug-likeness (QED) is 0.710. The molecule has 0 spiro atoms. The molecule has 0 saturated heterocycles. The van der Waals surface area contributed by atoms with Gasteiger partial charge in [0.25, 0.3) is 0 Å².